The fourth-order valence-corrected chi connectivity index (χ4v) is 2.76. The summed E-state index contributed by atoms with van der Waals surface area (Å²) in [5, 5.41) is 2.95. The lowest BCUT2D eigenvalue weighted by Crippen LogP contribution is -2.42. The monoisotopic (exact) mass is 276 g/mol. The Kier molecular flexibility index (Phi) is 3.53. The van der Waals surface area contributed by atoms with Gasteiger partial charge in [-0.2, -0.15) is 0 Å². The summed E-state index contributed by atoms with van der Waals surface area (Å²) >= 11 is 0. The van der Waals surface area contributed by atoms with Crippen LogP contribution in [0.2, 0.25) is 0 Å². The summed E-state index contributed by atoms with van der Waals surface area (Å²) in [5.41, 5.74) is 1.52. The van der Waals surface area contributed by atoms with Crippen molar-refractivity contribution in [3.05, 3.63) is 23.5 Å². The zero-order valence-electron chi connectivity index (χ0n) is 13.0. The number of carbonyl (C=O) groups is 2. The molecule has 2 rings (SSSR count). The number of carbonyl (C=O) groups excluding carboxylic acids is 2. The number of fused-ring (bicyclic) bond motifs is 1. The van der Waals surface area contributed by atoms with Crippen LogP contribution >= 0.6 is 0 Å². The lowest BCUT2D eigenvalue weighted by molar-refractivity contribution is -0.123. The highest BCUT2D eigenvalue weighted by Crippen LogP contribution is 2.35. The van der Waals surface area contributed by atoms with Crippen molar-refractivity contribution in [3.63, 3.8) is 0 Å². The molecule has 0 spiro atoms. The minimum atomic E-state index is -0.237. The molecule has 0 bridgehead atoms. The standard InChI is InChI=1S/C16H24N2O2/c1-15(2,3)17-14(20)10-18-7-6-11-12(18)8-16(4,5)9-13(11)19/h6-7H,8-10H2,1-5H3,(H,17,20). The fourth-order valence-electron chi connectivity index (χ4n) is 2.76. The number of ketones is 1. The smallest absolute Gasteiger partial charge is 0.240 e. The summed E-state index contributed by atoms with van der Waals surface area (Å²) in [5.74, 6) is 0.165. The molecule has 0 aromatic carbocycles. The number of nitrogens with one attached hydrogen (secondary N) is 1. The Morgan fingerprint density at radius 3 is 2.60 bits per heavy atom. The predicted molar refractivity (Wildman–Crippen MR) is 78.8 cm³/mol. The van der Waals surface area contributed by atoms with Gasteiger partial charge in [-0.15, -0.1) is 0 Å². The number of Topliss-reactive ketones (excluding diaryl/α,β-unsaturated/α-hetero) is 1. The van der Waals surface area contributed by atoms with Crippen LogP contribution in [0.25, 0.3) is 0 Å². The number of hydrogen-bond donors (Lipinski definition) is 1. The predicted octanol–water partition coefficient (Wildman–Crippen LogP) is 2.56. The molecule has 1 N–H and O–H groups in total. The van der Waals surface area contributed by atoms with Crippen LogP contribution in [0.3, 0.4) is 0 Å². The molecule has 1 aromatic rings. The summed E-state index contributed by atoms with van der Waals surface area (Å²) in [6.45, 7) is 10.4. The van der Waals surface area contributed by atoms with E-state index in [0.29, 0.717) is 6.42 Å². The molecular formula is C16H24N2O2. The molecule has 0 saturated carbocycles. The first-order valence-corrected chi connectivity index (χ1v) is 7.10. The van der Waals surface area contributed by atoms with Gasteiger partial charge in [0.2, 0.25) is 5.91 Å². The lowest BCUT2D eigenvalue weighted by Gasteiger charge is -2.30. The van der Waals surface area contributed by atoms with Gasteiger partial charge in [-0.05, 0) is 38.7 Å². The van der Waals surface area contributed by atoms with Gasteiger partial charge in [-0.25, -0.2) is 0 Å². The third kappa shape index (κ3) is 3.30. The van der Waals surface area contributed by atoms with Gasteiger partial charge in [0.1, 0.15) is 6.54 Å². The molecule has 1 heterocycles. The van der Waals surface area contributed by atoms with E-state index >= 15 is 0 Å². The second-order valence-corrected chi connectivity index (χ2v) is 7.54. The van der Waals surface area contributed by atoms with Gasteiger partial charge in [0.05, 0.1) is 0 Å². The molecule has 0 fully saturated rings. The Labute approximate surface area is 120 Å². The van der Waals surface area contributed by atoms with E-state index < -0.39 is 0 Å². The van der Waals surface area contributed by atoms with Crippen LogP contribution in [0, 0.1) is 5.41 Å². The second kappa shape index (κ2) is 4.76. The van der Waals surface area contributed by atoms with E-state index in [4.69, 9.17) is 0 Å². The number of nitrogens with zero attached hydrogens (tertiary/aromatic N) is 1. The quantitative estimate of drug-likeness (QED) is 0.902. The minimum absolute atomic E-state index is 0.0215. The van der Waals surface area contributed by atoms with E-state index in [1.54, 1.807) is 0 Å². The summed E-state index contributed by atoms with van der Waals surface area (Å²) in [7, 11) is 0. The largest absolute Gasteiger partial charge is 0.350 e. The van der Waals surface area contributed by atoms with Gasteiger partial charge >= 0.3 is 0 Å². The Bertz CT molecular complexity index is 547. The third-order valence-electron chi connectivity index (χ3n) is 3.49. The van der Waals surface area contributed by atoms with Crippen LogP contribution in [0.15, 0.2) is 12.3 Å². The highest BCUT2D eigenvalue weighted by Gasteiger charge is 2.33. The summed E-state index contributed by atoms with van der Waals surface area (Å²) < 4.78 is 1.91. The van der Waals surface area contributed by atoms with Gasteiger partial charge in [0.25, 0.3) is 0 Å². The maximum absolute atomic E-state index is 12.1. The van der Waals surface area contributed by atoms with Crippen molar-refractivity contribution >= 4 is 11.7 Å². The maximum Gasteiger partial charge on any atom is 0.240 e. The van der Waals surface area contributed by atoms with E-state index in [1.807, 2.05) is 37.6 Å². The molecule has 1 aromatic heterocycles. The van der Waals surface area contributed by atoms with Crippen LogP contribution in [0.4, 0.5) is 0 Å². The summed E-state index contributed by atoms with van der Waals surface area (Å²) in [6.07, 6.45) is 3.27. The highest BCUT2D eigenvalue weighted by atomic mass is 16.2. The molecular weight excluding hydrogens is 252 g/mol. The van der Waals surface area contributed by atoms with Crippen molar-refractivity contribution in [2.45, 2.75) is 59.5 Å². The first-order chi connectivity index (χ1) is 9.07. The minimum Gasteiger partial charge on any atom is -0.350 e. The second-order valence-electron chi connectivity index (χ2n) is 7.54. The van der Waals surface area contributed by atoms with Gasteiger partial charge in [0.15, 0.2) is 5.78 Å². The zero-order valence-corrected chi connectivity index (χ0v) is 13.0. The Balaban J connectivity index is 2.20. The first-order valence-electron chi connectivity index (χ1n) is 7.10. The zero-order chi connectivity index (χ0) is 15.1. The molecule has 1 aliphatic rings. The van der Waals surface area contributed by atoms with Crippen molar-refractivity contribution in [2.24, 2.45) is 5.41 Å². The molecule has 0 aliphatic heterocycles. The van der Waals surface area contributed by atoms with Gasteiger partial charge in [0, 0.05) is 29.4 Å². The molecule has 1 aliphatic carbocycles. The average Bonchev–Trinajstić information content (AvgIpc) is 2.56. The molecule has 20 heavy (non-hydrogen) atoms. The molecule has 1 amide bonds. The van der Waals surface area contributed by atoms with Gasteiger partial charge in [-0.3, -0.25) is 9.59 Å². The van der Waals surface area contributed by atoms with Crippen molar-refractivity contribution < 1.29 is 9.59 Å². The number of hydrogen-bond acceptors (Lipinski definition) is 2. The third-order valence-corrected chi connectivity index (χ3v) is 3.49. The molecule has 0 unspecified atom stereocenters. The SMILES string of the molecule is CC1(C)CC(=O)c2ccn(CC(=O)NC(C)(C)C)c2C1. The molecule has 4 nitrogen and oxygen atoms in total. The fraction of sp³-hybridized carbons (Fsp3) is 0.625. The van der Waals surface area contributed by atoms with Crippen LogP contribution < -0.4 is 5.32 Å². The van der Waals surface area contributed by atoms with E-state index in [0.717, 1.165) is 17.7 Å². The number of amides is 1. The number of rotatable bonds is 2. The Morgan fingerprint density at radius 1 is 1.35 bits per heavy atom. The van der Waals surface area contributed by atoms with Crippen molar-refractivity contribution in [3.8, 4) is 0 Å². The Morgan fingerprint density at radius 2 is 2.00 bits per heavy atom. The van der Waals surface area contributed by atoms with E-state index in [2.05, 4.69) is 19.2 Å². The van der Waals surface area contributed by atoms with E-state index in [9.17, 15) is 9.59 Å². The maximum atomic E-state index is 12.1. The van der Waals surface area contributed by atoms with Crippen molar-refractivity contribution in [1.29, 1.82) is 0 Å². The van der Waals surface area contributed by atoms with Crippen molar-refractivity contribution in [1.82, 2.24) is 9.88 Å². The lowest BCUT2D eigenvalue weighted by atomic mass is 9.76. The van der Waals surface area contributed by atoms with Crippen LogP contribution in [-0.2, 0) is 17.8 Å². The normalized spacial score (nSPS) is 17.8. The van der Waals surface area contributed by atoms with Gasteiger partial charge in [-0.1, -0.05) is 13.8 Å². The van der Waals surface area contributed by atoms with Crippen LogP contribution in [0.1, 0.15) is 57.1 Å². The molecule has 4 heteroatoms. The molecule has 0 radical (unpaired) electrons. The van der Waals surface area contributed by atoms with E-state index in [1.165, 1.54) is 0 Å². The molecule has 110 valence electrons. The highest BCUT2D eigenvalue weighted by molar-refractivity contribution is 5.99. The summed E-state index contributed by atoms with van der Waals surface area (Å²) in [6, 6.07) is 1.84. The molecule has 0 saturated heterocycles. The van der Waals surface area contributed by atoms with Crippen molar-refractivity contribution in [2.75, 3.05) is 0 Å². The Hall–Kier alpha value is -1.58. The topological polar surface area (TPSA) is 51.1 Å². The van der Waals surface area contributed by atoms with Gasteiger partial charge < -0.3 is 9.88 Å². The van der Waals surface area contributed by atoms with Crippen LogP contribution in [-0.4, -0.2) is 21.8 Å². The summed E-state index contributed by atoms with van der Waals surface area (Å²) in [4.78, 5) is 24.2. The number of aromatic nitrogens is 1. The first kappa shape index (κ1) is 14.8. The van der Waals surface area contributed by atoms with E-state index in [-0.39, 0.29) is 29.2 Å². The average molecular weight is 276 g/mol. The molecule has 0 atom stereocenters. The van der Waals surface area contributed by atoms with Crippen LogP contribution in [0.5, 0.6) is 0 Å².